The van der Waals surface area contributed by atoms with Gasteiger partial charge in [-0.25, -0.2) is 0 Å². The maximum absolute atomic E-state index is 5.39. The predicted molar refractivity (Wildman–Crippen MR) is 68.7 cm³/mol. The van der Waals surface area contributed by atoms with E-state index in [1.54, 1.807) is 6.26 Å². The SMILES string of the molecule is Cc1cc(-c2ccco2)[nH]c1-c1ccccc1. The monoisotopic (exact) mass is 223 g/mol. The average Bonchev–Trinajstić information content (AvgIpc) is 2.99. The Hall–Kier alpha value is -2.22. The molecule has 0 bridgehead atoms. The predicted octanol–water partition coefficient (Wildman–Crippen LogP) is 4.25. The van der Waals surface area contributed by atoms with Crippen LogP contribution in [0.2, 0.25) is 0 Å². The summed E-state index contributed by atoms with van der Waals surface area (Å²) in [5.74, 6) is 0.871. The Kier molecular flexibility index (Phi) is 2.33. The van der Waals surface area contributed by atoms with Gasteiger partial charge < -0.3 is 9.40 Å². The van der Waals surface area contributed by atoms with Crippen LogP contribution in [0.3, 0.4) is 0 Å². The van der Waals surface area contributed by atoms with Crippen molar-refractivity contribution >= 4 is 0 Å². The van der Waals surface area contributed by atoms with Crippen molar-refractivity contribution in [3.05, 3.63) is 60.4 Å². The highest BCUT2D eigenvalue weighted by atomic mass is 16.3. The zero-order valence-electron chi connectivity index (χ0n) is 9.60. The molecule has 84 valence electrons. The molecule has 3 rings (SSSR count). The number of rotatable bonds is 2. The van der Waals surface area contributed by atoms with E-state index in [2.05, 4.69) is 30.1 Å². The number of aromatic amines is 1. The molecule has 0 saturated carbocycles. The van der Waals surface area contributed by atoms with Gasteiger partial charge in [0.15, 0.2) is 0 Å². The molecular weight excluding hydrogens is 210 g/mol. The van der Waals surface area contributed by atoms with Gasteiger partial charge in [0.2, 0.25) is 0 Å². The number of aromatic nitrogens is 1. The molecule has 0 unspecified atom stereocenters. The normalized spacial score (nSPS) is 10.6. The van der Waals surface area contributed by atoms with Gasteiger partial charge in [0.25, 0.3) is 0 Å². The van der Waals surface area contributed by atoms with Gasteiger partial charge in [-0.15, -0.1) is 0 Å². The van der Waals surface area contributed by atoms with E-state index < -0.39 is 0 Å². The molecular formula is C15H13NO. The van der Waals surface area contributed by atoms with Crippen molar-refractivity contribution in [2.75, 3.05) is 0 Å². The summed E-state index contributed by atoms with van der Waals surface area (Å²) in [5, 5.41) is 0. The quantitative estimate of drug-likeness (QED) is 0.691. The summed E-state index contributed by atoms with van der Waals surface area (Å²) in [7, 11) is 0. The van der Waals surface area contributed by atoms with Crippen molar-refractivity contribution in [3.8, 4) is 22.7 Å². The van der Waals surface area contributed by atoms with Gasteiger partial charge in [-0.05, 0) is 36.2 Å². The molecule has 0 fully saturated rings. The van der Waals surface area contributed by atoms with Crippen molar-refractivity contribution in [3.63, 3.8) is 0 Å². The van der Waals surface area contributed by atoms with Crippen LogP contribution in [0, 0.1) is 6.92 Å². The van der Waals surface area contributed by atoms with E-state index >= 15 is 0 Å². The molecule has 2 nitrogen and oxygen atoms in total. The lowest BCUT2D eigenvalue weighted by Crippen LogP contribution is -1.79. The summed E-state index contributed by atoms with van der Waals surface area (Å²) in [6.45, 7) is 2.10. The highest BCUT2D eigenvalue weighted by Gasteiger charge is 2.09. The minimum absolute atomic E-state index is 0.871. The molecule has 0 saturated heterocycles. The number of hydrogen-bond acceptors (Lipinski definition) is 1. The summed E-state index contributed by atoms with van der Waals surface area (Å²) >= 11 is 0. The van der Waals surface area contributed by atoms with Crippen molar-refractivity contribution < 1.29 is 4.42 Å². The third kappa shape index (κ3) is 1.78. The van der Waals surface area contributed by atoms with Crippen LogP contribution in [0.1, 0.15) is 5.56 Å². The van der Waals surface area contributed by atoms with Gasteiger partial charge in [-0.1, -0.05) is 30.3 Å². The van der Waals surface area contributed by atoms with Crippen molar-refractivity contribution in [2.45, 2.75) is 6.92 Å². The van der Waals surface area contributed by atoms with Gasteiger partial charge >= 0.3 is 0 Å². The number of aryl methyl sites for hydroxylation is 1. The molecule has 2 heteroatoms. The molecule has 0 radical (unpaired) electrons. The minimum Gasteiger partial charge on any atom is -0.463 e. The number of benzene rings is 1. The van der Waals surface area contributed by atoms with Crippen LogP contribution in [-0.2, 0) is 0 Å². The van der Waals surface area contributed by atoms with Crippen LogP contribution in [0.4, 0.5) is 0 Å². The van der Waals surface area contributed by atoms with E-state index in [0.29, 0.717) is 0 Å². The third-order valence-electron chi connectivity index (χ3n) is 2.86. The molecule has 3 aromatic rings. The van der Waals surface area contributed by atoms with Crippen LogP contribution in [0.5, 0.6) is 0 Å². The third-order valence-corrected chi connectivity index (χ3v) is 2.86. The molecule has 2 aromatic heterocycles. The second-order valence-electron chi connectivity index (χ2n) is 4.08. The van der Waals surface area contributed by atoms with E-state index in [4.69, 9.17) is 4.42 Å². The Labute approximate surface area is 99.9 Å². The molecule has 0 aliphatic carbocycles. The second kappa shape index (κ2) is 3.98. The van der Waals surface area contributed by atoms with E-state index in [-0.39, 0.29) is 0 Å². The molecule has 0 aliphatic rings. The Balaban J connectivity index is 2.08. The fourth-order valence-corrected chi connectivity index (χ4v) is 2.03. The Morgan fingerprint density at radius 2 is 1.82 bits per heavy atom. The first-order chi connectivity index (χ1) is 8.34. The van der Waals surface area contributed by atoms with Crippen LogP contribution in [-0.4, -0.2) is 4.98 Å². The second-order valence-corrected chi connectivity index (χ2v) is 4.08. The largest absolute Gasteiger partial charge is 0.463 e. The summed E-state index contributed by atoms with van der Waals surface area (Å²) in [5.41, 5.74) is 4.59. The Morgan fingerprint density at radius 1 is 1.00 bits per heavy atom. The Morgan fingerprint density at radius 3 is 2.53 bits per heavy atom. The van der Waals surface area contributed by atoms with E-state index in [9.17, 15) is 0 Å². The fourth-order valence-electron chi connectivity index (χ4n) is 2.03. The molecule has 0 aliphatic heterocycles. The highest BCUT2D eigenvalue weighted by molar-refractivity contribution is 5.69. The van der Waals surface area contributed by atoms with Crippen LogP contribution < -0.4 is 0 Å². The van der Waals surface area contributed by atoms with Crippen molar-refractivity contribution in [2.24, 2.45) is 0 Å². The summed E-state index contributed by atoms with van der Waals surface area (Å²) in [6.07, 6.45) is 1.69. The molecule has 17 heavy (non-hydrogen) atoms. The van der Waals surface area contributed by atoms with E-state index in [0.717, 1.165) is 17.1 Å². The topological polar surface area (TPSA) is 28.9 Å². The van der Waals surface area contributed by atoms with Gasteiger partial charge in [0, 0.05) is 5.69 Å². The van der Waals surface area contributed by atoms with E-state index in [1.807, 2.05) is 30.3 Å². The molecule has 0 spiro atoms. The smallest absolute Gasteiger partial charge is 0.150 e. The van der Waals surface area contributed by atoms with E-state index in [1.165, 1.54) is 11.1 Å². The first-order valence-corrected chi connectivity index (χ1v) is 5.63. The van der Waals surface area contributed by atoms with Crippen LogP contribution in [0.25, 0.3) is 22.7 Å². The van der Waals surface area contributed by atoms with Gasteiger partial charge in [0.1, 0.15) is 5.76 Å². The molecule has 0 atom stereocenters. The van der Waals surface area contributed by atoms with Crippen molar-refractivity contribution in [1.82, 2.24) is 4.98 Å². The fraction of sp³-hybridized carbons (Fsp3) is 0.0667. The lowest BCUT2D eigenvalue weighted by atomic mass is 10.1. The number of hydrogen-bond donors (Lipinski definition) is 1. The maximum Gasteiger partial charge on any atom is 0.150 e. The van der Waals surface area contributed by atoms with Gasteiger partial charge in [-0.3, -0.25) is 0 Å². The van der Waals surface area contributed by atoms with Crippen LogP contribution >= 0.6 is 0 Å². The molecule has 0 amide bonds. The molecule has 1 N–H and O–H groups in total. The lowest BCUT2D eigenvalue weighted by molar-refractivity contribution is 0.580. The van der Waals surface area contributed by atoms with Crippen LogP contribution in [0.15, 0.2) is 59.2 Å². The first kappa shape index (κ1) is 9.97. The number of nitrogens with one attached hydrogen (secondary N) is 1. The molecule has 1 aromatic carbocycles. The number of furan rings is 1. The maximum atomic E-state index is 5.39. The minimum atomic E-state index is 0.871. The van der Waals surface area contributed by atoms with Gasteiger partial charge in [-0.2, -0.15) is 0 Å². The zero-order valence-corrected chi connectivity index (χ0v) is 9.60. The number of H-pyrrole nitrogens is 1. The standard InChI is InChI=1S/C15H13NO/c1-11-10-13(14-8-5-9-17-14)16-15(11)12-6-3-2-4-7-12/h2-10,16H,1H3. The summed E-state index contributed by atoms with van der Waals surface area (Å²) in [4.78, 5) is 3.41. The first-order valence-electron chi connectivity index (χ1n) is 5.63. The molecule has 2 heterocycles. The average molecular weight is 223 g/mol. The summed E-state index contributed by atoms with van der Waals surface area (Å²) < 4.78 is 5.39. The Bertz CT molecular complexity index is 606. The highest BCUT2D eigenvalue weighted by Crippen LogP contribution is 2.28. The lowest BCUT2D eigenvalue weighted by Gasteiger charge is -1.99. The van der Waals surface area contributed by atoms with Gasteiger partial charge in [0.05, 0.1) is 12.0 Å². The van der Waals surface area contributed by atoms with Crippen molar-refractivity contribution in [1.29, 1.82) is 0 Å². The zero-order chi connectivity index (χ0) is 11.7. The summed E-state index contributed by atoms with van der Waals surface area (Å²) in [6, 6.07) is 16.3.